The summed E-state index contributed by atoms with van der Waals surface area (Å²) in [7, 11) is 2.06. The van der Waals surface area contributed by atoms with Crippen LogP contribution >= 0.6 is 0 Å². The summed E-state index contributed by atoms with van der Waals surface area (Å²) in [5.41, 5.74) is 15.7. The van der Waals surface area contributed by atoms with E-state index in [1.807, 2.05) is 6.07 Å². The van der Waals surface area contributed by atoms with Gasteiger partial charge >= 0.3 is 0 Å². The number of nitrogens with zero attached hydrogens (tertiary/aromatic N) is 1. The summed E-state index contributed by atoms with van der Waals surface area (Å²) in [5, 5.41) is 1.24. The standard InChI is InChI=1S/C14H18N2O.C7H7NO/c1-9-4-6-13-12(8-9)11(5-7-14(15)17)10(2)16(13)3;8-7(9)6-4-2-1-3-5-6/h4,6,8H,5,7H2,1-3H3,(H2,15,17);1-5H,(H2,8,9). The van der Waals surface area contributed by atoms with E-state index in [2.05, 4.69) is 43.7 Å². The lowest BCUT2D eigenvalue weighted by Crippen LogP contribution is -2.11. The van der Waals surface area contributed by atoms with E-state index in [4.69, 9.17) is 11.5 Å². The summed E-state index contributed by atoms with van der Waals surface area (Å²) in [6.07, 6.45) is 1.13. The first kappa shape index (κ1) is 19.2. The molecule has 0 aliphatic rings. The number of hydrogen-bond acceptors (Lipinski definition) is 2. The molecule has 0 bridgehead atoms. The van der Waals surface area contributed by atoms with Gasteiger partial charge in [0, 0.05) is 35.6 Å². The van der Waals surface area contributed by atoms with E-state index >= 15 is 0 Å². The molecule has 0 spiro atoms. The van der Waals surface area contributed by atoms with Crippen LogP contribution in [0.25, 0.3) is 10.9 Å². The van der Waals surface area contributed by atoms with Crippen molar-refractivity contribution in [2.24, 2.45) is 18.5 Å². The zero-order valence-electron chi connectivity index (χ0n) is 15.5. The van der Waals surface area contributed by atoms with Crippen molar-refractivity contribution in [2.45, 2.75) is 26.7 Å². The topological polar surface area (TPSA) is 91.1 Å². The fraction of sp³-hybridized carbons (Fsp3) is 0.238. The maximum atomic E-state index is 10.9. The van der Waals surface area contributed by atoms with E-state index in [0.29, 0.717) is 12.0 Å². The number of fused-ring (bicyclic) bond motifs is 1. The summed E-state index contributed by atoms with van der Waals surface area (Å²) < 4.78 is 2.17. The van der Waals surface area contributed by atoms with Gasteiger partial charge in [-0.1, -0.05) is 29.8 Å². The van der Waals surface area contributed by atoms with Crippen LogP contribution in [0.4, 0.5) is 0 Å². The van der Waals surface area contributed by atoms with Crippen LogP contribution < -0.4 is 11.5 Å². The second-order valence-corrected chi connectivity index (χ2v) is 6.34. The Kier molecular flexibility index (Phi) is 6.17. The van der Waals surface area contributed by atoms with Crippen molar-refractivity contribution in [3.05, 3.63) is 70.9 Å². The van der Waals surface area contributed by atoms with Gasteiger partial charge in [-0.15, -0.1) is 0 Å². The average Bonchev–Trinajstić information content (AvgIpc) is 2.84. The zero-order chi connectivity index (χ0) is 19.3. The second-order valence-electron chi connectivity index (χ2n) is 6.34. The molecular formula is C21H25N3O2. The third-order valence-corrected chi connectivity index (χ3v) is 4.46. The van der Waals surface area contributed by atoms with Crippen LogP contribution in [0.2, 0.25) is 0 Å². The third-order valence-electron chi connectivity index (χ3n) is 4.46. The van der Waals surface area contributed by atoms with Crippen molar-refractivity contribution in [1.29, 1.82) is 0 Å². The minimum Gasteiger partial charge on any atom is -0.370 e. The number of nitrogens with two attached hydrogens (primary N) is 2. The number of hydrogen-bond donors (Lipinski definition) is 2. The number of benzene rings is 2. The van der Waals surface area contributed by atoms with Crippen LogP contribution in [-0.2, 0) is 18.3 Å². The highest BCUT2D eigenvalue weighted by Crippen LogP contribution is 2.26. The first-order valence-corrected chi connectivity index (χ1v) is 8.49. The highest BCUT2D eigenvalue weighted by atomic mass is 16.1. The van der Waals surface area contributed by atoms with E-state index in [1.54, 1.807) is 24.3 Å². The fourth-order valence-electron chi connectivity index (χ4n) is 2.93. The van der Waals surface area contributed by atoms with Crippen LogP contribution in [0.1, 0.15) is 33.6 Å². The first-order valence-electron chi connectivity index (χ1n) is 8.49. The summed E-state index contributed by atoms with van der Waals surface area (Å²) in [6.45, 7) is 4.17. The Morgan fingerprint density at radius 3 is 2.19 bits per heavy atom. The molecule has 26 heavy (non-hydrogen) atoms. The largest absolute Gasteiger partial charge is 0.370 e. The van der Waals surface area contributed by atoms with Crippen LogP contribution in [0.5, 0.6) is 0 Å². The Morgan fingerprint density at radius 1 is 1.00 bits per heavy atom. The third kappa shape index (κ3) is 4.51. The van der Waals surface area contributed by atoms with Gasteiger partial charge in [0.2, 0.25) is 11.8 Å². The lowest BCUT2D eigenvalue weighted by molar-refractivity contribution is -0.117. The van der Waals surface area contributed by atoms with E-state index in [0.717, 1.165) is 6.42 Å². The molecule has 0 fully saturated rings. The quantitative estimate of drug-likeness (QED) is 0.756. The second kappa shape index (κ2) is 8.34. The van der Waals surface area contributed by atoms with Gasteiger partial charge in [0.15, 0.2) is 0 Å². The molecule has 5 heteroatoms. The summed E-state index contributed by atoms with van der Waals surface area (Å²) in [5.74, 6) is -0.621. The maximum Gasteiger partial charge on any atom is 0.248 e. The van der Waals surface area contributed by atoms with Gasteiger partial charge in [0.05, 0.1) is 0 Å². The molecule has 0 atom stereocenters. The van der Waals surface area contributed by atoms with Gasteiger partial charge in [-0.25, -0.2) is 0 Å². The summed E-state index contributed by atoms with van der Waals surface area (Å²) >= 11 is 0. The minimum absolute atomic E-state index is 0.242. The van der Waals surface area contributed by atoms with Crippen molar-refractivity contribution < 1.29 is 9.59 Å². The fourth-order valence-corrected chi connectivity index (χ4v) is 2.93. The lowest BCUT2D eigenvalue weighted by Gasteiger charge is -2.00. The molecule has 136 valence electrons. The molecule has 0 radical (unpaired) electrons. The Hall–Kier alpha value is -3.08. The van der Waals surface area contributed by atoms with Crippen molar-refractivity contribution in [3.8, 4) is 0 Å². The van der Waals surface area contributed by atoms with E-state index < -0.39 is 0 Å². The number of rotatable bonds is 4. The van der Waals surface area contributed by atoms with Gasteiger partial charge in [-0.3, -0.25) is 9.59 Å². The Balaban J connectivity index is 0.000000228. The van der Waals surface area contributed by atoms with E-state index in [1.165, 1.54) is 27.7 Å². The molecule has 1 aromatic heterocycles. The SMILES string of the molecule is Cc1ccc2c(c1)c(CCC(N)=O)c(C)n2C.NC(=O)c1ccccc1. The number of amides is 2. The molecule has 2 aromatic carbocycles. The molecule has 0 aliphatic heterocycles. The van der Waals surface area contributed by atoms with Crippen LogP contribution in [-0.4, -0.2) is 16.4 Å². The molecule has 3 rings (SSSR count). The predicted molar refractivity (Wildman–Crippen MR) is 105 cm³/mol. The Bertz CT molecular complexity index is 927. The van der Waals surface area contributed by atoms with Crippen molar-refractivity contribution in [3.63, 3.8) is 0 Å². The molecule has 0 aliphatic carbocycles. The molecule has 0 saturated heterocycles. The first-order chi connectivity index (χ1) is 12.3. The molecule has 0 saturated carbocycles. The number of primary amides is 2. The van der Waals surface area contributed by atoms with Gasteiger partial charge in [0.1, 0.15) is 0 Å². The molecular weight excluding hydrogens is 326 g/mol. The molecule has 3 aromatic rings. The van der Waals surface area contributed by atoms with Crippen LogP contribution in [0.15, 0.2) is 48.5 Å². The average molecular weight is 351 g/mol. The van der Waals surface area contributed by atoms with Gasteiger partial charge in [-0.2, -0.15) is 0 Å². The van der Waals surface area contributed by atoms with E-state index in [9.17, 15) is 9.59 Å². The van der Waals surface area contributed by atoms with Crippen molar-refractivity contribution >= 4 is 22.7 Å². The number of aryl methyl sites for hydroxylation is 3. The Labute approximate surface area is 153 Å². The zero-order valence-corrected chi connectivity index (χ0v) is 15.5. The summed E-state index contributed by atoms with van der Waals surface area (Å²) in [4.78, 5) is 21.3. The number of aromatic nitrogens is 1. The van der Waals surface area contributed by atoms with Crippen molar-refractivity contribution in [1.82, 2.24) is 4.57 Å². The smallest absolute Gasteiger partial charge is 0.248 e. The Morgan fingerprint density at radius 2 is 1.65 bits per heavy atom. The van der Waals surface area contributed by atoms with Gasteiger partial charge in [0.25, 0.3) is 0 Å². The molecule has 4 N–H and O–H groups in total. The molecule has 5 nitrogen and oxygen atoms in total. The maximum absolute atomic E-state index is 10.9. The number of carbonyl (C=O) groups is 2. The minimum atomic E-state index is -0.379. The molecule has 1 heterocycles. The van der Waals surface area contributed by atoms with Crippen LogP contribution in [0.3, 0.4) is 0 Å². The monoisotopic (exact) mass is 351 g/mol. The van der Waals surface area contributed by atoms with Crippen molar-refractivity contribution in [2.75, 3.05) is 0 Å². The predicted octanol–water partition coefficient (Wildman–Crippen LogP) is 3.00. The summed E-state index contributed by atoms with van der Waals surface area (Å²) in [6, 6.07) is 15.2. The normalized spacial score (nSPS) is 10.3. The highest BCUT2D eigenvalue weighted by Gasteiger charge is 2.12. The highest BCUT2D eigenvalue weighted by molar-refractivity contribution is 5.92. The van der Waals surface area contributed by atoms with Crippen LogP contribution in [0, 0.1) is 13.8 Å². The van der Waals surface area contributed by atoms with Gasteiger partial charge < -0.3 is 16.0 Å². The number of carbonyl (C=O) groups excluding carboxylic acids is 2. The molecule has 0 unspecified atom stereocenters. The van der Waals surface area contributed by atoms with Gasteiger partial charge in [-0.05, 0) is 50.1 Å². The molecule has 2 amide bonds. The van der Waals surface area contributed by atoms with E-state index in [-0.39, 0.29) is 11.8 Å². The lowest BCUT2D eigenvalue weighted by atomic mass is 10.0.